The number of carbonyl (C=O) groups is 2. The third-order valence-corrected chi connectivity index (χ3v) is 5.02. The van der Waals surface area contributed by atoms with Gasteiger partial charge in [-0.25, -0.2) is 0 Å². The monoisotopic (exact) mass is 419 g/mol. The number of hydrogen-bond acceptors (Lipinski definition) is 6. The Morgan fingerprint density at radius 1 is 1.13 bits per heavy atom. The molecule has 0 radical (unpaired) electrons. The number of nitrogens with zero attached hydrogens (tertiary/aromatic N) is 1. The molecule has 3 aromatic rings. The van der Waals surface area contributed by atoms with Crippen LogP contribution < -0.4 is 26.2 Å². The molecule has 31 heavy (non-hydrogen) atoms. The van der Waals surface area contributed by atoms with Gasteiger partial charge < -0.3 is 20.7 Å². The first-order valence-corrected chi connectivity index (χ1v) is 9.66. The Kier molecular flexibility index (Phi) is 5.40. The molecule has 1 atom stereocenters. The number of para-hydroxylation sites is 1. The Bertz CT molecular complexity index is 1200. The van der Waals surface area contributed by atoms with Crippen LogP contribution in [-0.2, 0) is 9.59 Å². The van der Waals surface area contributed by atoms with Crippen molar-refractivity contribution in [3.8, 4) is 5.75 Å². The van der Waals surface area contributed by atoms with E-state index in [0.29, 0.717) is 17.1 Å². The maximum atomic E-state index is 12.9. The molecule has 1 aromatic heterocycles. The van der Waals surface area contributed by atoms with Crippen LogP contribution in [0.15, 0.2) is 53.3 Å². The molecule has 1 aliphatic heterocycles. The van der Waals surface area contributed by atoms with Crippen molar-refractivity contribution in [2.45, 2.75) is 19.3 Å². The molecule has 0 saturated heterocycles. The summed E-state index contributed by atoms with van der Waals surface area (Å²) in [6.45, 7) is 1.86. The zero-order chi connectivity index (χ0) is 22.0. The highest BCUT2D eigenvalue weighted by molar-refractivity contribution is 6.04. The first-order chi connectivity index (χ1) is 14.9. The summed E-state index contributed by atoms with van der Waals surface area (Å²) in [6.07, 6.45) is -0.138. The Hall–Kier alpha value is -4.14. The summed E-state index contributed by atoms with van der Waals surface area (Å²) in [5, 5.41) is 8.38. The molecule has 1 aliphatic rings. The Morgan fingerprint density at radius 3 is 2.58 bits per heavy atom. The maximum absolute atomic E-state index is 12.9. The Balaban J connectivity index is 1.62. The SMILES string of the molecule is COc1ccc(Nc2nc3c(c(=O)[nH]2)C(C(=O)Nc2ccccc2C)CC(=O)N3)cc1. The number of H-pyrrole nitrogens is 1. The van der Waals surface area contributed by atoms with E-state index in [0.717, 1.165) is 5.56 Å². The van der Waals surface area contributed by atoms with Gasteiger partial charge in [-0.05, 0) is 42.8 Å². The van der Waals surface area contributed by atoms with Gasteiger partial charge in [0.25, 0.3) is 5.56 Å². The smallest absolute Gasteiger partial charge is 0.258 e. The topological polar surface area (TPSA) is 125 Å². The lowest BCUT2D eigenvalue weighted by molar-refractivity contribution is -0.123. The fourth-order valence-electron chi connectivity index (χ4n) is 3.40. The molecule has 2 heterocycles. The van der Waals surface area contributed by atoms with Crippen LogP contribution in [0.1, 0.15) is 23.5 Å². The average molecular weight is 419 g/mol. The van der Waals surface area contributed by atoms with E-state index in [9.17, 15) is 14.4 Å². The minimum Gasteiger partial charge on any atom is -0.497 e. The van der Waals surface area contributed by atoms with E-state index in [-0.39, 0.29) is 29.7 Å². The molecule has 4 N–H and O–H groups in total. The normalized spacial score (nSPS) is 14.9. The molecule has 0 spiro atoms. The van der Waals surface area contributed by atoms with E-state index in [1.165, 1.54) is 0 Å². The fourth-order valence-corrected chi connectivity index (χ4v) is 3.40. The zero-order valence-corrected chi connectivity index (χ0v) is 17.0. The molecule has 0 bridgehead atoms. The second-order valence-corrected chi connectivity index (χ2v) is 7.14. The summed E-state index contributed by atoms with van der Waals surface area (Å²) in [6, 6.07) is 14.3. The number of fused-ring (bicyclic) bond motifs is 1. The number of carbonyl (C=O) groups excluding carboxylic acids is 2. The number of nitrogens with one attached hydrogen (secondary N) is 4. The molecule has 9 heteroatoms. The standard InChI is InChI=1S/C22H21N5O4/c1-12-5-3-4-6-16(12)24-20(29)15-11-17(28)25-19-18(15)21(30)27-22(26-19)23-13-7-9-14(31-2)10-8-13/h3-10,15H,11H2,1-2H3,(H,24,29)(H3,23,25,26,27,28,30). The second-order valence-electron chi connectivity index (χ2n) is 7.14. The highest BCUT2D eigenvalue weighted by atomic mass is 16.5. The number of hydrogen-bond donors (Lipinski definition) is 4. The zero-order valence-electron chi connectivity index (χ0n) is 17.0. The van der Waals surface area contributed by atoms with E-state index in [1.54, 1.807) is 43.5 Å². The van der Waals surface area contributed by atoms with Crippen LogP contribution in [0.2, 0.25) is 0 Å². The quantitative estimate of drug-likeness (QED) is 0.504. The lowest BCUT2D eigenvalue weighted by atomic mass is 9.92. The number of aromatic amines is 1. The van der Waals surface area contributed by atoms with Gasteiger partial charge in [0.1, 0.15) is 11.6 Å². The molecular formula is C22H21N5O4. The van der Waals surface area contributed by atoms with Gasteiger partial charge in [0, 0.05) is 17.8 Å². The average Bonchev–Trinajstić information content (AvgIpc) is 2.75. The highest BCUT2D eigenvalue weighted by Crippen LogP contribution is 2.30. The van der Waals surface area contributed by atoms with Gasteiger partial charge in [-0.2, -0.15) is 4.98 Å². The molecule has 1 unspecified atom stereocenters. The van der Waals surface area contributed by atoms with E-state index >= 15 is 0 Å². The fraction of sp³-hybridized carbons (Fsp3) is 0.182. The van der Waals surface area contributed by atoms with Crippen molar-refractivity contribution in [1.82, 2.24) is 9.97 Å². The predicted octanol–water partition coefficient (Wildman–Crippen LogP) is 2.90. The van der Waals surface area contributed by atoms with Gasteiger partial charge in [-0.1, -0.05) is 18.2 Å². The summed E-state index contributed by atoms with van der Waals surface area (Å²) in [5.74, 6) is -0.864. The molecule has 158 valence electrons. The molecule has 0 fully saturated rings. The van der Waals surface area contributed by atoms with E-state index in [1.807, 2.05) is 19.1 Å². The molecule has 2 amide bonds. The van der Waals surface area contributed by atoms with Gasteiger partial charge in [0.2, 0.25) is 17.8 Å². The molecule has 9 nitrogen and oxygen atoms in total. The number of anilines is 4. The third kappa shape index (κ3) is 4.25. The van der Waals surface area contributed by atoms with Crippen molar-refractivity contribution < 1.29 is 14.3 Å². The van der Waals surface area contributed by atoms with Gasteiger partial charge in [-0.3, -0.25) is 19.4 Å². The molecular weight excluding hydrogens is 398 g/mol. The number of benzene rings is 2. The molecule has 0 saturated carbocycles. The van der Waals surface area contributed by atoms with E-state index in [4.69, 9.17) is 4.74 Å². The van der Waals surface area contributed by atoms with Crippen molar-refractivity contribution in [1.29, 1.82) is 0 Å². The Labute approximate surface area is 177 Å². The van der Waals surface area contributed by atoms with Gasteiger partial charge >= 0.3 is 0 Å². The van der Waals surface area contributed by atoms with E-state index in [2.05, 4.69) is 25.9 Å². The summed E-state index contributed by atoms with van der Waals surface area (Å²) in [7, 11) is 1.57. The summed E-state index contributed by atoms with van der Waals surface area (Å²) in [4.78, 5) is 44.9. The first-order valence-electron chi connectivity index (χ1n) is 9.66. The molecule has 4 rings (SSSR count). The van der Waals surface area contributed by atoms with Gasteiger partial charge in [0.15, 0.2) is 0 Å². The number of aryl methyl sites for hydroxylation is 1. The minimum absolute atomic E-state index is 0.0703. The van der Waals surface area contributed by atoms with Crippen molar-refractivity contribution >= 4 is 35.0 Å². The van der Waals surface area contributed by atoms with Crippen molar-refractivity contribution in [3.63, 3.8) is 0 Å². The number of rotatable bonds is 5. The minimum atomic E-state index is -0.949. The largest absolute Gasteiger partial charge is 0.497 e. The maximum Gasteiger partial charge on any atom is 0.258 e. The number of aromatic nitrogens is 2. The van der Waals surface area contributed by atoms with Crippen molar-refractivity contribution in [2.24, 2.45) is 0 Å². The van der Waals surface area contributed by atoms with Crippen LogP contribution in [0.25, 0.3) is 0 Å². The number of amides is 2. The van der Waals surface area contributed by atoms with Crippen LogP contribution in [0.3, 0.4) is 0 Å². The number of methoxy groups -OCH3 is 1. The lowest BCUT2D eigenvalue weighted by Gasteiger charge is -2.24. The summed E-state index contributed by atoms with van der Waals surface area (Å²) < 4.78 is 5.12. The second kappa shape index (κ2) is 8.31. The lowest BCUT2D eigenvalue weighted by Crippen LogP contribution is -2.36. The number of ether oxygens (including phenoxy) is 1. The van der Waals surface area contributed by atoms with Crippen LogP contribution in [0.5, 0.6) is 5.75 Å². The van der Waals surface area contributed by atoms with Crippen molar-refractivity contribution in [2.75, 3.05) is 23.1 Å². The Morgan fingerprint density at radius 2 is 1.87 bits per heavy atom. The molecule has 0 aliphatic carbocycles. The van der Waals surface area contributed by atoms with Crippen LogP contribution in [0.4, 0.5) is 23.1 Å². The van der Waals surface area contributed by atoms with Crippen molar-refractivity contribution in [3.05, 3.63) is 70.0 Å². The van der Waals surface area contributed by atoms with Gasteiger partial charge in [-0.15, -0.1) is 0 Å². The van der Waals surface area contributed by atoms with Gasteiger partial charge in [0.05, 0.1) is 18.6 Å². The predicted molar refractivity (Wildman–Crippen MR) is 117 cm³/mol. The molecule has 2 aromatic carbocycles. The highest BCUT2D eigenvalue weighted by Gasteiger charge is 2.34. The van der Waals surface area contributed by atoms with Crippen LogP contribution >= 0.6 is 0 Å². The first kappa shape index (κ1) is 20.1. The summed E-state index contributed by atoms with van der Waals surface area (Å²) in [5.41, 5.74) is 1.81. The van der Waals surface area contributed by atoms with Crippen LogP contribution in [-0.4, -0.2) is 28.9 Å². The summed E-state index contributed by atoms with van der Waals surface area (Å²) >= 11 is 0. The van der Waals surface area contributed by atoms with Crippen LogP contribution in [0, 0.1) is 6.92 Å². The third-order valence-electron chi connectivity index (χ3n) is 5.02. The van der Waals surface area contributed by atoms with E-state index < -0.39 is 17.4 Å².